The molecule has 0 bridgehead atoms. The van der Waals surface area contributed by atoms with Crippen molar-refractivity contribution in [2.24, 2.45) is 4.99 Å². The molecule has 0 fully saturated rings. The number of carbonyl (C=O) groups is 3. The molecule has 1 aliphatic heterocycles. The average molecular weight is 587 g/mol. The van der Waals surface area contributed by atoms with E-state index in [1.165, 1.54) is 4.90 Å². The van der Waals surface area contributed by atoms with Gasteiger partial charge in [-0.15, -0.1) is 0 Å². The molecule has 1 heterocycles. The van der Waals surface area contributed by atoms with Gasteiger partial charge in [0.05, 0.1) is 31.2 Å². The summed E-state index contributed by atoms with van der Waals surface area (Å²) in [5.74, 6) is -0.0583. The van der Waals surface area contributed by atoms with E-state index in [4.69, 9.17) is 19.2 Å². The number of nitrogens with zero attached hydrogens (tertiary/aromatic N) is 2. The summed E-state index contributed by atoms with van der Waals surface area (Å²) >= 11 is 0. The Hall–Kier alpha value is -4.86. The molecule has 3 aromatic carbocycles. The fourth-order valence-corrected chi connectivity index (χ4v) is 4.84. The molecule has 43 heavy (non-hydrogen) atoms. The zero-order chi connectivity index (χ0) is 31.3. The summed E-state index contributed by atoms with van der Waals surface area (Å²) in [6.07, 6.45) is -1.91. The van der Waals surface area contributed by atoms with Crippen molar-refractivity contribution in [1.82, 2.24) is 10.6 Å². The third kappa shape index (κ3) is 7.32. The second-order valence-electron chi connectivity index (χ2n) is 11.2. The van der Waals surface area contributed by atoms with Crippen LogP contribution in [0.15, 0.2) is 71.7 Å². The summed E-state index contributed by atoms with van der Waals surface area (Å²) in [7, 11) is 4.73. The number of rotatable bonds is 8. The SMILES string of the molecule is COc1cc(C)cc(OC)c1C1=NC(NC(=O)C(Cc2ccccc2)NC(=O)OC(C)(C)C)C(=O)N(C)c2ccccc21. The topological polar surface area (TPSA) is 119 Å². The summed E-state index contributed by atoms with van der Waals surface area (Å²) < 4.78 is 16.9. The highest BCUT2D eigenvalue weighted by Crippen LogP contribution is 2.36. The quantitative estimate of drug-likeness (QED) is 0.404. The largest absolute Gasteiger partial charge is 0.496 e. The third-order valence-electron chi connectivity index (χ3n) is 6.80. The fraction of sp³-hybridized carbons (Fsp3) is 0.333. The van der Waals surface area contributed by atoms with Crippen LogP contribution in [-0.4, -0.2) is 62.7 Å². The molecule has 1 aliphatic rings. The van der Waals surface area contributed by atoms with Crippen molar-refractivity contribution >= 4 is 29.3 Å². The minimum atomic E-state index is -1.32. The van der Waals surface area contributed by atoms with E-state index in [0.29, 0.717) is 34.0 Å². The van der Waals surface area contributed by atoms with Crippen LogP contribution in [0.5, 0.6) is 11.5 Å². The van der Waals surface area contributed by atoms with Crippen molar-refractivity contribution in [3.63, 3.8) is 0 Å². The van der Waals surface area contributed by atoms with Gasteiger partial charge in [-0.05, 0) is 57.0 Å². The van der Waals surface area contributed by atoms with E-state index in [0.717, 1.165) is 11.1 Å². The number of likely N-dealkylation sites (N-methyl/N-ethyl adjacent to an activating group) is 1. The van der Waals surface area contributed by atoms with E-state index < -0.39 is 35.7 Å². The number of para-hydroxylation sites is 1. The molecule has 0 aromatic heterocycles. The second kappa shape index (κ2) is 13.0. The van der Waals surface area contributed by atoms with Crippen LogP contribution < -0.4 is 25.0 Å². The summed E-state index contributed by atoms with van der Waals surface area (Å²) in [4.78, 5) is 46.6. The minimum Gasteiger partial charge on any atom is -0.496 e. The molecule has 10 nitrogen and oxygen atoms in total. The lowest BCUT2D eigenvalue weighted by Crippen LogP contribution is -2.54. The van der Waals surface area contributed by atoms with Crippen molar-refractivity contribution in [2.45, 2.75) is 51.9 Å². The highest BCUT2D eigenvalue weighted by molar-refractivity contribution is 6.22. The number of benzene rings is 3. The highest BCUT2D eigenvalue weighted by Gasteiger charge is 2.35. The van der Waals surface area contributed by atoms with Gasteiger partial charge in [0.2, 0.25) is 12.1 Å². The fourth-order valence-electron chi connectivity index (χ4n) is 4.84. The number of methoxy groups -OCH3 is 2. The summed E-state index contributed by atoms with van der Waals surface area (Å²) in [5.41, 5.74) is 3.16. The first kappa shape index (κ1) is 31.1. The molecule has 0 saturated carbocycles. The molecule has 0 aliphatic carbocycles. The Kier molecular flexibility index (Phi) is 9.38. The number of fused-ring (bicyclic) bond motifs is 1. The second-order valence-corrected chi connectivity index (χ2v) is 11.2. The number of nitrogens with one attached hydrogen (secondary N) is 2. The molecule has 0 radical (unpaired) electrons. The number of ether oxygens (including phenoxy) is 3. The van der Waals surface area contributed by atoms with Gasteiger partial charge >= 0.3 is 6.09 Å². The first-order chi connectivity index (χ1) is 20.4. The number of hydrogen-bond acceptors (Lipinski definition) is 7. The smallest absolute Gasteiger partial charge is 0.408 e. The molecule has 0 saturated heterocycles. The van der Waals surface area contributed by atoms with Gasteiger partial charge in [-0.3, -0.25) is 9.59 Å². The summed E-state index contributed by atoms with van der Waals surface area (Å²) in [6.45, 7) is 7.13. The maximum absolute atomic E-state index is 13.8. The van der Waals surface area contributed by atoms with Crippen molar-refractivity contribution < 1.29 is 28.6 Å². The van der Waals surface area contributed by atoms with Gasteiger partial charge in [0.25, 0.3) is 5.91 Å². The number of anilines is 1. The normalized spacial score (nSPS) is 15.4. The van der Waals surface area contributed by atoms with Crippen LogP contribution in [0.2, 0.25) is 0 Å². The lowest BCUT2D eigenvalue weighted by Gasteiger charge is -2.25. The maximum atomic E-state index is 13.8. The number of hydrogen-bond donors (Lipinski definition) is 2. The van der Waals surface area contributed by atoms with E-state index in [1.54, 1.807) is 42.0 Å². The van der Waals surface area contributed by atoms with Crippen LogP contribution in [0.25, 0.3) is 0 Å². The lowest BCUT2D eigenvalue weighted by atomic mass is 9.97. The van der Waals surface area contributed by atoms with E-state index in [9.17, 15) is 14.4 Å². The molecular weight excluding hydrogens is 548 g/mol. The van der Waals surface area contributed by atoms with E-state index in [2.05, 4.69) is 10.6 Å². The first-order valence-electron chi connectivity index (χ1n) is 13.9. The van der Waals surface area contributed by atoms with E-state index >= 15 is 0 Å². The van der Waals surface area contributed by atoms with Crippen LogP contribution in [0.3, 0.4) is 0 Å². The number of alkyl carbamates (subject to hydrolysis) is 1. The average Bonchev–Trinajstić information content (AvgIpc) is 3.06. The maximum Gasteiger partial charge on any atom is 0.408 e. The Labute approximate surface area is 252 Å². The predicted octanol–water partition coefficient (Wildman–Crippen LogP) is 4.40. The number of aliphatic imine (C=N–C) groups is 1. The Bertz CT molecular complexity index is 1500. The molecule has 2 N–H and O–H groups in total. The summed E-state index contributed by atoms with van der Waals surface area (Å²) in [5, 5.41) is 5.45. The van der Waals surface area contributed by atoms with Gasteiger partial charge in [-0.25, -0.2) is 9.79 Å². The minimum absolute atomic E-state index is 0.166. The van der Waals surface area contributed by atoms with Crippen LogP contribution in [0.4, 0.5) is 10.5 Å². The first-order valence-corrected chi connectivity index (χ1v) is 13.9. The zero-order valence-corrected chi connectivity index (χ0v) is 25.6. The van der Waals surface area contributed by atoms with Gasteiger partial charge in [-0.1, -0.05) is 48.5 Å². The van der Waals surface area contributed by atoms with Crippen molar-refractivity contribution in [3.8, 4) is 11.5 Å². The Morgan fingerprint density at radius 1 is 0.977 bits per heavy atom. The zero-order valence-electron chi connectivity index (χ0n) is 25.6. The van der Waals surface area contributed by atoms with Crippen molar-refractivity contribution in [2.75, 3.05) is 26.2 Å². The lowest BCUT2D eigenvalue weighted by molar-refractivity contribution is -0.128. The van der Waals surface area contributed by atoms with Crippen LogP contribution >= 0.6 is 0 Å². The van der Waals surface area contributed by atoms with Gasteiger partial charge in [0.15, 0.2) is 0 Å². The predicted molar refractivity (Wildman–Crippen MR) is 165 cm³/mol. The number of benzodiazepines with no additional fused rings is 1. The van der Waals surface area contributed by atoms with Crippen LogP contribution in [-0.2, 0) is 20.7 Å². The van der Waals surface area contributed by atoms with Crippen molar-refractivity contribution in [1.29, 1.82) is 0 Å². The standard InChI is InChI=1S/C33H38N4O6/c1-20-17-25(41-6)27(26(18-20)42-7)28-22-15-11-12-16-24(22)37(5)31(39)29(35-28)36-30(38)23(19-21-13-9-8-10-14-21)34-32(40)43-33(2,3)4/h8-18,23,29H,19H2,1-7H3,(H,34,40)(H,36,38). The number of amides is 3. The molecular formula is C33H38N4O6. The molecule has 226 valence electrons. The van der Waals surface area contributed by atoms with Gasteiger partial charge in [-0.2, -0.15) is 0 Å². The Morgan fingerprint density at radius 2 is 1.58 bits per heavy atom. The molecule has 3 aromatic rings. The van der Waals surface area contributed by atoms with Gasteiger partial charge in [0.1, 0.15) is 23.1 Å². The van der Waals surface area contributed by atoms with Gasteiger partial charge in [0, 0.05) is 19.0 Å². The molecule has 0 spiro atoms. The van der Waals surface area contributed by atoms with E-state index in [1.807, 2.05) is 73.7 Å². The van der Waals surface area contributed by atoms with Crippen molar-refractivity contribution in [3.05, 3.63) is 89.0 Å². The molecule has 2 atom stereocenters. The Morgan fingerprint density at radius 3 is 2.19 bits per heavy atom. The number of carbonyl (C=O) groups excluding carboxylic acids is 3. The summed E-state index contributed by atoms with van der Waals surface area (Å²) in [6, 6.07) is 19.2. The highest BCUT2D eigenvalue weighted by atomic mass is 16.6. The molecule has 10 heteroatoms. The molecule has 3 amide bonds. The third-order valence-corrected chi connectivity index (χ3v) is 6.80. The van der Waals surface area contributed by atoms with E-state index in [-0.39, 0.29) is 6.42 Å². The van der Waals surface area contributed by atoms with Crippen LogP contribution in [0, 0.1) is 6.92 Å². The molecule has 2 unspecified atom stereocenters. The van der Waals surface area contributed by atoms with Gasteiger partial charge < -0.3 is 29.7 Å². The van der Waals surface area contributed by atoms with Crippen LogP contribution in [0.1, 0.15) is 43.0 Å². The molecule has 4 rings (SSSR count). The Balaban J connectivity index is 1.78. The monoisotopic (exact) mass is 586 g/mol. The number of aryl methyl sites for hydroxylation is 1.